The third-order valence-corrected chi connectivity index (χ3v) is 6.07. The summed E-state index contributed by atoms with van der Waals surface area (Å²) in [5.74, 6) is 0.996. The molecule has 11 heteroatoms. The molecule has 2 aromatic carbocycles. The number of anilines is 4. The predicted molar refractivity (Wildman–Crippen MR) is 137 cm³/mol. The van der Waals surface area contributed by atoms with Crippen LogP contribution in [0.5, 0.6) is 17.2 Å². The summed E-state index contributed by atoms with van der Waals surface area (Å²) >= 11 is 0. The van der Waals surface area contributed by atoms with E-state index in [0.717, 1.165) is 30.8 Å². The molecule has 3 aromatic rings. The van der Waals surface area contributed by atoms with Gasteiger partial charge in [0.05, 0.1) is 26.5 Å². The van der Waals surface area contributed by atoms with Gasteiger partial charge in [-0.3, -0.25) is 0 Å². The van der Waals surface area contributed by atoms with Gasteiger partial charge in [-0.05, 0) is 50.7 Å². The Morgan fingerprint density at radius 3 is 2.73 bits per heavy atom. The zero-order valence-corrected chi connectivity index (χ0v) is 21.0. The first-order chi connectivity index (χ1) is 17.9. The zero-order chi connectivity index (χ0) is 26.4. The highest BCUT2D eigenvalue weighted by Crippen LogP contribution is 2.36. The number of carbonyl (C=O) groups is 1. The van der Waals surface area contributed by atoms with E-state index < -0.39 is 11.9 Å². The second-order valence-electron chi connectivity index (χ2n) is 8.75. The number of ether oxygens (including phenoxy) is 3. The molecule has 37 heavy (non-hydrogen) atoms. The van der Waals surface area contributed by atoms with Gasteiger partial charge in [0.15, 0.2) is 11.6 Å². The van der Waals surface area contributed by atoms with E-state index in [4.69, 9.17) is 14.2 Å². The molecule has 1 aliphatic rings. The molecule has 1 unspecified atom stereocenters. The van der Waals surface area contributed by atoms with Crippen molar-refractivity contribution in [3.8, 4) is 17.2 Å². The van der Waals surface area contributed by atoms with E-state index in [0.29, 0.717) is 24.0 Å². The lowest BCUT2D eigenvalue weighted by atomic mass is 10.00. The molecule has 0 bridgehead atoms. The lowest BCUT2D eigenvalue weighted by molar-refractivity contribution is 0.147. The SMILES string of the molecule is COc1ccc(N(C(=O)O)c2ccnc(Nc3ccc(OCC4CCCN(C)C4)c(F)c3)n2)c(OC)c1. The molecule has 0 saturated carbocycles. The monoisotopic (exact) mass is 511 g/mol. The molecule has 1 atom stereocenters. The van der Waals surface area contributed by atoms with Gasteiger partial charge in [0.1, 0.15) is 17.3 Å². The highest BCUT2D eigenvalue weighted by atomic mass is 19.1. The van der Waals surface area contributed by atoms with Gasteiger partial charge in [-0.25, -0.2) is 19.1 Å². The number of rotatable bonds is 9. The maximum absolute atomic E-state index is 14.7. The molecule has 196 valence electrons. The summed E-state index contributed by atoms with van der Waals surface area (Å²) in [6.07, 6.45) is 2.31. The molecule has 4 rings (SSSR count). The van der Waals surface area contributed by atoms with Crippen LogP contribution in [0.15, 0.2) is 48.7 Å². The molecule has 2 N–H and O–H groups in total. The largest absolute Gasteiger partial charge is 0.497 e. The van der Waals surface area contributed by atoms with E-state index in [9.17, 15) is 14.3 Å². The van der Waals surface area contributed by atoms with Gasteiger partial charge in [-0.15, -0.1) is 0 Å². The Kier molecular flexibility index (Phi) is 8.24. The maximum atomic E-state index is 14.7. The van der Waals surface area contributed by atoms with E-state index in [-0.39, 0.29) is 29.0 Å². The summed E-state index contributed by atoms with van der Waals surface area (Å²) in [6.45, 7) is 2.47. The van der Waals surface area contributed by atoms with Crippen molar-refractivity contribution in [2.45, 2.75) is 12.8 Å². The molecule has 1 amide bonds. The topological polar surface area (TPSA) is 109 Å². The van der Waals surface area contributed by atoms with E-state index >= 15 is 0 Å². The van der Waals surface area contributed by atoms with E-state index in [1.807, 2.05) is 0 Å². The van der Waals surface area contributed by atoms with Crippen molar-refractivity contribution in [2.24, 2.45) is 5.92 Å². The normalized spacial score (nSPS) is 15.6. The van der Waals surface area contributed by atoms with Crippen molar-refractivity contribution in [3.05, 3.63) is 54.5 Å². The Hall–Kier alpha value is -4.12. The van der Waals surface area contributed by atoms with Crippen LogP contribution in [-0.2, 0) is 0 Å². The standard InChI is InChI=1S/C26H30FN5O5/c1-31-12-4-5-17(15-31)16-37-22-9-6-18(13-20(22)27)29-25-28-11-10-24(30-25)32(26(33)34)21-8-7-19(35-2)14-23(21)36-3/h6-11,13-14,17H,4-5,12,15-16H2,1-3H3,(H,33,34)(H,28,29,30). The second-order valence-corrected chi connectivity index (χ2v) is 8.75. The Labute approximate surface area is 214 Å². The fourth-order valence-corrected chi connectivity index (χ4v) is 4.27. The second kappa shape index (κ2) is 11.7. The van der Waals surface area contributed by atoms with Crippen molar-refractivity contribution < 1.29 is 28.5 Å². The highest BCUT2D eigenvalue weighted by molar-refractivity contribution is 5.95. The predicted octanol–water partition coefficient (Wildman–Crippen LogP) is 4.91. The summed E-state index contributed by atoms with van der Waals surface area (Å²) in [5.41, 5.74) is 0.639. The third kappa shape index (κ3) is 6.36. The van der Waals surface area contributed by atoms with Crippen LogP contribution in [0.25, 0.3) is 0 Å². The molecule has 0 spiro atoms. The zero-order valence-electron chi connectivity index (χ0n) is 21.0. The molecule has 1 aliphatic heterocycles. The quantitative estimate of drug-likeness (QED) is 0.414. The van der Waals surface area contributed by atoms with E-state index in [2.05, 4.69) is 27.2 Å². The summed E-state index contributed by atoms with van der Waals surface area (Å²) in [4.78, 5) is 23.8. The van der Waals surface area contributed by atoms with E-state index in [1.54, 1.807) is 30.3 Å². The van der Waals surface area contributed by atoms with Crippen molar-refractivity contribution in [1.82, 2.24) is 14.9 Å². The fourth-order valence-electron chi connectivity index (χ4n) is 4.27. The van der Waals surface area contributed by atoms with Crippen LogP contribution < -0.4 is 24.4 Å². The molecular weight excluding hydrogens is 481 g/mol. The number of nitrogens with zero attached hydrogens (tertiary/aromatic N) is 4. The number of halogens is 1. The average Bonchev–Trinajstić information content (AvgIpc) is 2.88. The van der Waals surface area contributed by atoms with E-state index in [1.165, 1.54) is 32.5 Å². The first-order valence-corrected chi connectivity index (χ1v) is 11.8. The molecule has 1 aromatic heterocycles. The Morgan fingerprint density at radius 2 is 2.03 bits per heavy atom. The van der Waals surface area contributed by atoms with Crippen LogP contribution in [0.2, 0.25) is 0 Å². The highest BCUT2D eigenvalue weighted by Gasteiger charge is 2.23. The Bertz CT molecular complexity index is 1240. The van der Waals surface area contributed by atoms with Gasteiger partial charge in [0.2, 0.25) is 5.95 Å². The molecule has 1 fully saturated rings. The number of methoxy groups -OCH3 is 2. The van der Waals surface area contributed by atoms with Gasteiger partial charge in [-0.2, -0.15) is 4.98 Å². The number of likely N-dealkylation sites (tertiary alicyclic amines) is 1. The van der Waals surface area contributed by atoms with Gasteiger partial charge in [-0.1, -0.05) is 0 Å². The van der Waals surface area contributed by atoms with Gasteiger partial charge >= 0.3 is 6.09 Å². The van der Waals surface area contributed by atoms with Gasteiger partial charge in [0.25, 0.3) is 0 Å². The van der Waals surface area contributed by atoms with Crippen LogP contribution in [0.3, 0.4) is 0 Å². The number of aromatic nitrogens is 2. The lowest BCUT2D eigenvalue weighted by Crippen LogP contribution is -2.34. The number of piperidine rings is 1. The van der Waals surface area contributed by atoms with Crippen molar-refractivity contribution >= 4 is 29.2 Å². The molecule has 2 heterocycles. The maximum Gasteiger partial charge on any atom is 0.417 e. The average molecular weight is 512 g/mol. The first kappa shape index (κ1) is 26.0. The van der Waals surface area contributed by atoms with Gasteiger partial charge in [0, 0.05) is 42.5 Å². The van der Waals surface area contributed by atoms with Gasteiger partial charge < -0.3 is 29.5 Å². The number of amides is 1. The van der Waals surface area contributed by atoms with Crippen LogP contribution in [0.1, 0.15) is 12.8 Å². The number of hydrogen-bond donors (Lipinski definition) is 2. The van der Waals surface area contributed by atoms with Crippen molar-refractivity contribution in [3.63, 3.8) is 0 Å². The minimum absolute atomic E-state index is 0.0753. The van der Waals surface area contributed by atoms with Crippen LogP contribution in [0, 0.1) is 11.7 Å². The lowest BCUT2D eigenvalue weighted by Gasteiger charge is -2.29. The molecule has 1 saturated heterocycles. The Balaban J connectivity index is 1.49. The molecule has 10 nitrogen and oxygen atoms in total. The van der Waals surface area contributed by atoms with Crippen molar-refractivity contribution in [1.29, 1.82) is 0 Å². The molecular formula is C26H30FN5O5. The summed E-state index contributed by atoms with van der Waals surface area (Å²) in [5, 5.41) is 12.8. The number of carboxylic acid groups (broad SMARTS) is 1. The summed E-state index contributed by atoms with van der Waals surface area (Å²) in [7, 11) is 5.01. The smallest absolute Gasteiger partial charge is 0.417 e. The van der Waals surface area contributed by atoms with Crippen LogP contribution >= 0.6 is 0 Å². The summed E-state index contributed by atoms with van der Waals surface area (Å²) in [6, 6.07) is 10.7. The Morgan fingerprint density at radius 1 is 1.19 bits per heavy atom. The third-order valence-electron chi connectivity index (χ3n) is 6.07. The van der Waals surface area contributed by atoms with Crippen molar-refractivity contribution in [2.75, 3.05) is 51.2 Å². The fraction of sp³-hybridized carbons (Fsp3) is 0.346. The molecule has 0 radical (unpaired) electrons. The first-order valence-electron chi connectivity index (χ1n) is 11.8. The number of nitrogens with one attached hydrogen (secondary N) is 1. The number of hydrogen-bond acceptors (Lipinski definition) is 8. The summed E-state index contributed by atoms with van der Waals surface area (Å²) < 4.78 is 31.0. The molecule has 0 aliphatic carbocycles. The minimum atomic E-state index is -1.27. The van der Waals surface area contributed by atoms with Crippen LogP contribution in [-0.4, -0.2) is 67.0 Å². The van der Waals surface area contributed by atoms with Crippen LogP contribution in [0.4, 0.5) is 32.3 Å². The minimum Gasteiger partial charge on any atom is -0.497 e. The number of benzene rings is 2.